The van der Waals surface area contributed by atoms with Gasteiger partial charge >= 0.3 is 11.9 Å². The molecule has 0 aromatic heterocycles. The maximum atomic E-state index is 12.7. The number of aliphatic hydroxyl groups is 1. The highest BCUT2D eigenvalue weighted by molar-refractivity contribution is 6.09. The standard InChI is InChI=1S/C18H22N2O8/c1-25-13-8-10(17(23)27-3)7-12(15(13)26-2)19-14-11(18(24)28-4)9-20(5-6-21)16(14)22/h7-8,19,21H,5-6,9H2,1-4H3. The Morgan fingerprint density at radius 2 is 1.79 bits per heavy atom. The number of benzene rings is 1. The normalized spacial score (nSPS) is 13.5. The number of amides is 1. The number of ether oxygens (including phenoxy) is 4. The Kier molecular flexibility index (Phi) is 6.83. The number of rotatable bonds is 8. The summed E-state index contributed by atoms with van der Waals surface area (Å²) < 4.78 is 20.1. The van der Waals surface area contributed by atoms with Gasteiger partial charge in [-0.2, -0.15) is 0 Å². The highest BCUT2D eigenvalue weighted by atomic mass is 16.5. The van der Waals surface area contributed by atoms with E-state index in [9.17, 15) is 14.4 Å². The van der Waals surface area contributed by atoms with Crippen molar-refractivity contribution in [2.45, 2.75) is 0 Å². The molecule has 0 fully saturated rings. The largest absolute Gasteiger partial charge is 0.493 e. The molecule has 0 unspecified atom stereocenters. The van der Waals surface area contributed by atoms with Gasteiger partial charge in [-0.25, -0.2) is 9.59 Å². The van der Waals surface area contributed by atoms with E-state index in [1.807, 2.05) is 0 Å². The van der Waals surface area contributed by atoms with Gasteiger partial charge in [0.25, 0.3) is 5.91 Å². The molecule has 1 aliphatic rings. The van der Waals surface area contributed by atoms with Gasteiger partial charge in [0.15, 0.2) is 11.5 Å². The van der Waals surface area contributed by atoms with Crippen LogP contribution in [-0.4, -0.2) is 76.0 Å². The Bertz CT molecular complexity index is 818. The van der Waals surface area contributed by atoms with Crippen LogP contribution in [0.3, 0.4) is 0 Å². The minimum absolute atomic E-state index is 0.0233. The van der Waals surface area contributed by atoms with Crippen molar-refractivity contribution >= 4 is 23.5 Å². The van der Waals surface area contributed by atoms with Crippen molar-refractivity contribution in [1.29, 1.82) is 0 Å². The molecule has 10 nitrogen and oxygen atoms in total. The average Bonchev–Trinajstić information content (AvgIpc) is 3.02. The maximum Gasteiger partial charge on any atom is 0.338 e. The van der Waals surface area contributed by atoms with Crippen LogP contribution in [0.2, 0.25) is 0 Å². The van der Waals surface area contributed by atoms with Crippen LogP contribution in [0.4, 0.5) is 5.69 Å². The SMILES string of the molecule is COC(=O)C1=C(Nc2cc(C(=O)OC)cc(OC)c2OC)C(=O)N(CCO)C1. The lowest BCUT2D eigenvalue weighted by molar-refractivity contribution is -0.136. The number of nitrogens with one attached hydrogen (secondary N) is 1. The molecule has 1 amide bonds. The molecule has 1 aromatic rings. The van der Waals surface area contributed by atoms with Crippen molar-refractivity contribution < 1.29 is 38.4 Å². The molecule has 10 heteroatoms. The summed E-state index contributed by atoms with van der Waals surface area (Å²) in [6.45, 7) is -0.236. The molecule has 0 saturated heterocycles. The van der Waals surface area contributed by atoms with E-state index in [2.05, 4.69) is 5.32 Å². The number of esters is 2. The smallest absolute Gasteiger partial charge is 0.338 e. The number of aliphatic hydroxyl groups excluding tert-OH is 1. The maximum absolute atomic E-state index is 12.7. The van der Waals surface area contributed by atoms with Crippen LogP contribution >= 0.6 is 0 Å². The van der Waals surface area contributed by atoms with Crippen molar-refractivity contribution in [3.05, 3.63) is 29.0 Å². The first kappa shape index (κ1) is 21.0. The third kappa shape index (κ3) is 4.01. The van der Waals surface area contributed by atoms with E-state index in [1.54, 1.807) is 0 Å². The second-order valence-corrected chi connectivity index (χ2v) is 5.67. The van der Waals surface area contributed by atoms with Gasteiger partial charge in [-0.05, 0) is 12.1 Å². The van der Waals surface area contributed by atoms with E-state index in [0.717, 1.165) is 0 Å². The number of nitrogens with zero attached hydrogens (tertiary/aromatic N) is 1. The van der Waals surface area contributed by atoms with E-state index in [0.29, 0.717) is 0 Å². The Morgan fingerprint density at radius 3 is 2.32 bits per heavy atom. The first-order valence-electron chi connectivity index (χ1n) is 8.24. The average molecular weight is 394 g/mol. The molecule has 1 heterocycles. The molecule has 0 aliphatic carbocycles. The Hall–Kier alpha value is -3.27. The van der Waals surface area contributed by atoms with Gasteiger partial charge in [0, 0.05) is 6.54 Å². The molecule has 0 atom stereocenters. The number of carbonyl (C=O) groups is 3. The second-order valence-electron chi connectivity index (χ2n) is 5.67. The van der Waals surface area contributed by atoms with Crippen molar-refractivity contribution in [2.75, 3.05) is 53.5 Å². The van der Waals surface area contributed by atoms with E-state index in [1.165, 1.54) is 45.5 Å². The predicted octanol–water partition coefficient (Wildman–Crippen LogP) is 0.164. The van der Waals surface area contributed by atoms with Crippen LogP contribution in [0.5, 0.6) is 11.5 Å². The molecular weight excluding hydrogens is 372 g/mol. The van der Waals surface area contributed by atoms with Crippen LogP contribution in [0, 0.1) is 0 Å². The summed E-state index contributed by atoms with van der Waals surface area (Å²) >= 11 is 0. The van der Waals surface area contributed by atoms with Gasteiger partial charge in [0.2, 0.25) is 0 Å². The molecule has 0 bridgehead atoms. The van der Waals surface area contributed by atoms with Crippen molar-refractivity contribution in [1.82, 2.24) is 4.90 Å². The number of hydrogen-bond acceptors (Lipinski definition) is 9. The predicted molar refractivity (Wildman–Crippen MR) is 97.2 cm³/mol. The van der Waals surface area contributed by atoms with Crippen molar-refractivity contribution in [3.8, 4) is 11.5 Å². The fraction of sp³-hybridized carbons (Fsp3) is 0.389. The number of carbonyl (C=O) groups excluding carboxylic acids is 3. The zero-order valence-corrected chi connectivity index (χ0v) is 16.0. The highest BCUT2D eigenvalue weighted by Gasteiger charge is 2.35. The summed E-state index contributed by atoms with van der Waals surface area (Å²) in [5, 5.41) is 12.0. The molecule has 0 radical (unpaired) electrons. The lowest BCUT2D eigenvalue weighted by Gasteiger charge is -2.17. The molecule has 1 aliphatic heterocycles. The van der Waals surface area contributed by atoms with E-state index in [4.69, 9.17) is 24.1 Å². The summed E-state index contributed by atoms with van der Waals surface area (Å²) in [7, 11) is 5.22. The summed E-state index contributed by atoms with van der Waals surface area (Å²) in [4.78, 5) is 38.0. The number of β-amino-alcohol motifs (C(OH)–C–C–N with tert-alkyl or cyclic N) is 1. The minimum atomic E-state index is -0.689. The van der Waals surface area contributed by atoms with Crippen LogP contribution < -0.4 is 14.8 Å². The van der Waals surface area contributed by atoms with E-state index < -0.39 is 17.8 Å². The van der Waals surface area contributed by atoms with Gasteiger partial charge < -0.3 is 34.3 Å². The van der Waals surface area contributed by atoms with Gasteiger partial charge in [0.05, 0.1) is 58.4 Å². The Morgan fingerprint density at radius 1 is 1.11 bits per heavy atom. The second kappa shape index (κ2) is 9.09. The summed E-state index contributed by atoms with van der Waals surface area (Å²) in [5.41, 5.74) is 0.423. The summed E-state index contributed by atoms with van der Waals surface area (Å²) in [6, 6.07) is 2.84. The third-order valence-corrected chi connectivity index (χ3v) is 4.11. The lowest BCUT2D eigenvalue weighted by Crippen LogP contribution is -2.31. The quantitative estimate of drug-likeness (QED) is 0.594. The van der Waals surface area contributed by atoms with Crippen molar-refractivity contribution in [3.63, 3.8) is 0 Å². The van der Waals surface area contributed by atoms with Gasteiger partial charge in [-0.1, -0.05) is 0 Å². The fourth-order valence-corrected chi connectivity index (χ4v) is 2.78. The molecule has 1 aromatic carbocycles. The van der Waals surface area contributed by atoms with Crippen LogP contribution in [0.15, 0.2) is 23.4 Å². The molecule has 152 valence electrons. The van der Waals surface area contributed by atoms with Crippen LogP contribution in [0.1, 0.15) is 10.4 Å². The molecule has 2 rings (SSSR count). The molecule has 2 N–H and O–H groups in total. The topological polar surface area (TPSA) is 124 Å². The zero-order chi connectivity index (χ0) is 20.8. The number of anilines is 1. The van der Waals surface area contributed by atoms with Gasteiger partial charge in [0.1, 0.15) is 5.70 Å². The molecule has 0 spiro atoms. The van der Waals surface area contributed by atoms with E-state index in [-0.39, 0.29) is 53.7 Å². The molecule has 28 heavy (non-hydrogen) atoms. The van der Waals surface area contributed by atoms with Crippen molar-refractivity contribution in [2.24, 2.45) is 0 Å². The Balaban J connectivity index is 2.55. The fourth-order valence-electron chi connectivity index (χ4n) is 2.78. The molecule has 0 saturated carbocycles. The number of methoxy groups -OCH3 is 4. The summed E-state index contributed by atoms with van der Waals surface area (Å²) in [6.07, 6.45) is 0. The first-order chi connectivity index (χ1) is 13.4. The monoisotopic (exact) mass is 394 g/mol. The van der Waals surface area contributed by atoms with Gasteiger partial charge in [-0.15, -0.1) is 0 Å². The number of hydrogen-bond donors (Lipinski definition) is 2. The summed E-state index contributed by atoms with van der Waals surface area (Å²) in [5.74, 6) is -1.36. The van der Waals surface area contributed by atoms with Crippen LogP contribution in [-0.2, 0) is 19.1 Å². The van der Waals surface area contributed by atoms with E-state index >= 15 is 0 Å². The lowest BCUT2D eigenvalue weighted by atomic mass is 10.1. The van der Waals surface area contributed by atoms with Crippen LogP contribution in [0.25, 0.3) is 0 Å². The third-order valence-electron chi connectivity index (χ3n) is 4.11. The zero-order valence-electron chi connectivity index (χ0n) is 16.0. The minimum Gasteiger partial charge on any atom is -0.493 e. The highest BCUT2D eigenvalue weighted by Crippen LogP contribution is 2.38. The Labute approximate surface area is 161 Å². The molecular formula is C18H22N2O8. The first-order valence-corrected chi connectivity index (χ1v) is 8.24. The van der Waals surface area contributed by atoms with Gasteiger partial charge in [-0.3, -0.25) is 4.79 Å².